The van der Waals surface area contributed by atoms with Crippen LogP contribution in [0, 0.1) is 18.3 Å². The maximum Gasteiger partial charge on any atom is 0.0991 e. The Labute approximate surface area is 88.6 Å². The van der Waals surface area contributed by atoms with E-state index in [2.05, 4.69) is 11.2 Å². The highest BCUT2D eigenvalue weighted by Crippen LogP contribution is 2.06. The Morgan fingerprint density at radius 1 is 1.27 bits per heavy atom. The molecule has 0 saturated carbocycles. The molecule has 0 spiro atoms. The maximum absolute atomic E-state index is 8.66. The first-order valence-electron chi connectivity index (χ1n) is 4.77. The van der Waals surface area contributed by atoms with Gasteiger partial charge in [-0.1, -0.05) is 12.1 Å². The zero-order chi connectivity index (χ0) is 10.7. The average molecular weight is 197 g/mol. The summed E-state index contributed by atoms with van der Waals surface area (Å²) in [5.41, 5.74) is 2.98. The minimum absolute atomic E-state index is 0.691. The molecule has 0 unspecified atom stereocenters. The van der Waals surface area contributed by atoms with Crippen molar-refractivity contribution in [2.75, 3.05) is 0 Å². The highest BCUT2D eigenvalue weighted by atomic mass is 15.3. The van der Waals surface area contributed by atoms with Crippen LogP contribution in [0.1, 0.15) is 16.8 Å². The molecule has 3 nitrogen and oxygen atoms in total. The van der Waals surface area contributed by atoms with Gasteiger partial charge in [0.25, 0.3) is 0 Å². The van der Waals surface area contributed by atoms with Gasteiger partial charge in [0.1, 0.15) is 0 Å². The maximum atomic E-state index is 8.66. The van der Waals surface area contributed by atoms with Gasteiger partial charge in [0.15, 0.2) is 0 Å². The fourth-order valence-electron chi connectivity index (χ4n) is 1.42. The smallest absolute Gasteiger partial charge is 0.0991 e. The number of aryl methyl sites for hydroxylation is 1. The number of benzene rings is 1. The number of nitrogens with zero attached hydrogens (tertiary/aromatic N) is 3. The van der Waals surface area contributed by atoms with Gasteiger partial charge in [0.2, 0.25) is 0 Å². The molecule has 0 fully saturated rings. The number of rotatable bonds is 2. The normalized spacial score (nSPS) is 9.87. The second-order valence-corrected chi connectivity index (χ2v) is 3.44. The standard InChI is InChI=1S/C12H11N3/c1-10-6-7-14-15(10)9-12-4-2-11(8-13)3-5-12/h2-7H,9H2,1H3. The van der Waals surface area contributed by atoms with Crippen LogP contribution in [0.4, 0.5) is 0 Å². The molecule has 2 aromatic rings. The number of aromatic nitrogens is 2. The van der Waals surface area contributed by atoms with Crippen molar-refractivity contribution in [2.45, 2.75) is 13.5 Å². The lowest BCUT2D eigenvalue weighted by atomic mass is 10.1. The van der Waals surface area contributed by atoms with Crippen LogP contribution in [0.25, 0.3) is 0 Å². The Hall–Kier alpha value is -2.08. The fraction of sp³-hybridized carbons (Fsp3) is 0.167. The molecule has 0 atom stereocenters. The van der Waals surface area contributed by atoms with Crippen molar-refractivity contribution in [1.82, 2.24) is 9.78 Å². The summed E-state index contributed by atoms with van der Waals surface area (Å²) in [7, 11) is 0. The minimum atomic E-state index is 0.691. The van der Waals surface area contributed by atoms with E-state index in [4.69, 9.17) is 5.26 Å². The molecule has 1 aromatic carbocycles. The van der Waals surface area contributed by atoms with Gasteiger partial charge in [-0.15, -0.1) is 0 Å². The molecule has 3 heteroatoms. The van der Waals surface area contributed by atoms with E-state index in [1.165, 1.54) is 0 Å². The van der Waals surface area contributed by atoms with Gasteiger partial charge in [0, 0.05) is 11.9 Å². The van der Waals surface area contributed by atoms with Crippen LogP contribution in [0.2, 0.25) is 0 Å². The molecule has 0 bridgehead atoms. The van der Waals surface area contributed by atoms with E-state index in [1.54, 1.807) is 6.20 Å². The molecule has 0 aliphatic carbocycles. The van der Waals surface area contributed by atoms with E-state index >= 15 is 0 Å². The van der Waals surface area contributed by atoms with E-state index in [0.717, 1.165) is 17.8 Å². The van der Waals surface area contributed by atoms with Gasteiger partial charge >= 0.3 is 0 Å². The summed E-state index contributed by atoms with van der Waals surface area (Å²) in [6.45, 7) is 2.78. The predicted molar refractivity (Wildman–Crippen MR) is 57.2 cm³/mol. The highest BCUT2D eigenvalue weighted by molar-refractivity contribution is 5.31. The first kappa shape index (κ1) is 9.47. The molecule has 0 amide bonds. The Morgan fingerprint density at radius 3 is 2.53 bits per heavy atom. The largest absolute Gasteiger partial charge is 0.265 e. The second-order valence-electron chi connectivity index (χ2n) is 3.44. The molecule has 0 aliphatic rings. The molecule has 0 N–H and O–H groups in total. The third-order valence-corrected chi connectivity index (χ3v) is 2.34. The summed E-state index contributed by atoms with van der Waals surface area (Å²) in [6, 6.07) is 11.6. The molecule has 15 heavy (non-hydrogen) atoms. The molecule has 0 saturated heterocycles. The topological polar surface area (TPSA) is 41.6 Å². The van der Waals surface area contributed by atoms with Crippen molar-refractivity contribution in [3.05, 3.63) is 53.3 Å². The second kappa shape index (κ2) is 3.97. The summed E-state index contributed by atoms with van der Waals surface area (Å²) in [5.74, 6) is 0. The molecule has 1 aromatic heterocycles. The van der Waals surface area contributed by atoms with Crippen LogP contribution in [0.5, 0.6) is 0 Å². The van der Waals surface area contributed by atoms with Crippen molar-refractivity contribution >= 4 is 0 Å². The van der Waals surface area contributed by atoms with Crippen molar-refractivity contribution in [3.63, 3.8) is 0 Å². The van der Waals surface area contributed by atoms with Crippen molar-refractivity contribution in [3.8, 4) is 6.07 Å². The monoisotopic (exact) mass is 197 g/mol. The SMILES string of the molecule is Cc1ccnn1Cc1ccc(C#N)cc1. The predicted octanol–water partition coefficient (Wildman–Crippen LogP) is 2.11. The first-order chi connectivity index (χ1) is 7.29. The molecule has 74 valence electrons. The molecule has 0 aliphatic heterocycles. The Kier molecular flexibility index (Phi) is 2.51. The summed E-state index contributed by atoms with van der Waals surface area (Å²) in [4.78, 5) is 0. The Bertz CT molecular complexity index is 488. The van der Waals surface area contributed by atoms with Crippen LogP contribution >= 0.6 is 0 Å². The zero-order valence-electron chi connectivity index (χ0n) is 8.51. The average Bonchev–Trinajstić information content (AvgIpc) is 2.66. The van der Waals surface area contributed by atoms with Gasteiger partial charge in [0.05, 0.1) is 18.2 Å². The van der Waals surface area contributed by atoms with Crippen LogP contribution in [-0.4, -0.2) is 9.78 Å². The van der Waals surface area contributed by atoms with Crippen molar-refractivity contribution < 1.29 is 0 Å². The number of hydrogen-bond acceptors (Lipinski definition) is 2. The number of nitriles is 1. The summed E-state index contributed by atoms with van der Waals surface area (Å²) >= 11 is 0. The van der Waals surface area contributed by atoms with E-state index in [1.807, 2.05) is 41.9 Å². The van der Waals surface area contributed by atoms with Crippen LogP contribution in [0.15, 0.2) is 36.5 Å². The molecule has 2 rings (SSSR count). The van der Waals surface area contributed by atoms with Gasteiger partial charge in [-0.2, -0.15) is 10.4 Å². The quantitative estimate of drug-likeness (QED) is 0.739. The third-order valence-electron chi connectivity index (χ3n) is 2.34. The summed E-state index contributed by atoms with van der Waals surface area (Å²) in [5, 5.41) is 12.9. The van der Waals surface area contributed by atoms with Gasteiger partial charge in [-0.25, -0.2) is 0 Å². The minimum Gasteiger partial charge on any atom is -0.265 e. The molecular weight excluding hydrogens is 186 g/mol. The summed E-state index contributed by atoms with van der Waals surface area (Å²) < 4.78 is 1.93. The van der Waals surface area contributed by atoms with Gasteiger partial charge in [-0.05, 0) is 30.7 Å². The van der Waals surface area contributed by atoms with E-state index in [9.17, 15) is 0 Å². The molecule has 0 radical (unpaired) electrons. The van der Waals surface area contributed by atoms with Gasteiger partial charge in [-0.3, -0.25) is 4.68 Å². The van der Waals surface area contributed by atoms with E-state index in [0.29, 0.717) is 5.56 Å². The lowest BCUT2D eigenvalue weighted by molar-refractivity contribution is 0.665. The third kappa shape index (κ3) is 2.05. The molecule has 1 heterocycles. The fourth-order valence-corrected chi connectivity index (χ4v) is 1.42. The Morgan fingerprint density at radius 2 is 2.00 bits per heavy atom. The lowest BCUT2D eigenvalue weighted by Gasteiger charge is -2.04. The Balaban J connectivity index is 2.19. The van der Waals surface area contributed by atoms with E-state index in [-0.39, 0.29) is 0 Å². The highest BCUT2D eigenvalue weighted by Gasteiger charge is 1.98. The van der Waals surface area contributed by atoms with Crippen LogP contribution in [0.3, 0.4) is 0 Å². The van der Waals surface area contributed by atoms with Crippen molar-refractivity contribution in [2.24, 2.45) is 0 Å². The number of hydrogen-bond donors (Lipinski definition) is 0. The first-order valence-corrected chi connectivity index (χ1v) is 4.77. The van der Waals surface area contributed by atoms with E-state index < -0.39 is 0 Å². The lowest BCUT2D eigenvalue weighted by Crippen LogP contribution is -2.03. The zero-order valence-corrected chi connectivity index (χ0v) is 8.51. The molecular formula is C12H11N3. The summed E-state index contributed by atoms with van der Waals surface area (Å²) in [6.07, 6.45) is 1.79. The van der Waals surface area contributed by atoms with Crippen LogP contribution < -0.4 is 0 Å². The van der Waals surface area contributed by atoms with Gasteiger partial charge < -0.3 is 0 Å². The van der Waals surface area contributed by atoms with Crippen molar-refractivity contribution in [1.29, 1.82) is 5.26 Å². The van der Waals surface area contributed by atoms with Crippen LogP contribution in [-0.2, 0) is 6.54 Å².